The quantitative estimate of drug-likeness (QED) is 0.733. The molecule has 4 nitrogen and oxygen atoms in total. The molecular formula is C11H11N3O. The highest BCUT2D eigenvalue weighted by atomic mass is 16.1. The van der Waals surface area contributed by atoms with Crippen LogP contribution in [-0.4, -0.2) is 9.78 Å². The van der Waals surface area contributed by atoms with E-state index in [1.165, 1.54) is 10.7 Å². The average molecular weight is 201 g/mol. The zero-order chi connectivity index (χ0) is 10.7. The predicted octanol–water partition coefficient (Wildman–Crippen LogP) is 0.874. The minimum atomic E-state index is -0.102. The molecule has 2 N–H and O–H groups in total. The van der Waals surface area contributed by atoms with Crippen molar-refractivity contribution in [2.45, 2.75) is 6.54 Å². The van der Waals surface area contributed by atoms with Crippen LogP contribution in [0.5, 0.6) is 0 Å². The van der Waals surface area contributed by atoms with Crippen LogP contribution in [0.4, 0.5) is 5.69 Å². The lowest BCUT2D eigenvalue weighted by molar-refractivity contribution is 0.639. The van der Waals surface area contributed by atoms with Gasteiger partial charge in [0.2, 0.25) is 0 Å². The fraction of sp³-hybridized carbons (Fsp3) is 0.0909. The molecule has 0 atom stereocenters. The van der Waals surface area contributed by atoms with Crippen molar-refractivity contribution >= 4 is 5.69 Å². The maximum atomic E-state index is 11.4. The third kappa shape index (κ3) is 2.22. The molecule has 1 aromatic heterocycles. The standard InChI is InChI=1S/C11H11N3O/c12-10-5-3-9(4-6-10)8-14-11(15)2-1-7-13-14/h1-7H,8,12H2. The molecule has 1 heterocycles. The number of benzene rings is 1. The van der Waals surface area contributed by atoms with Crippen molar-refractivity contribution in [3.63, 3.8) is 0 Å². The van der Waals surface area contributed by atoms with E-state index in [9.17, 15) is 4.79 Å². The highest BCUT2D eigenvalue weighted by Crippen LogP contribution is 2.05. The van der Waals surface area contributed by atoms with Gasteiger partial charge < -0.3 is 5.73 Å². The summed E-state index contributed by atoms with van der Waals surface area (Å²) in [6.45, 7) is 0.472. The van der Waals surface area contributed by atoms with Gasteiger partial charge >= 0.3 is 0 Å². The molecular weight excluding hydrogens is 190 g/mol. The first kappa shape index (κ1) is 9.45. The Morgan fingerprint density at radius 2 is 1.93 bits per heavy atom. The molecule has 2 rings (SSSR count). The molecule has 1 aromatic carbocycles. The SMILES string of the molecule is Nc1ccc(Cn2ncccc2=O)cc1. The molecule has 0 bridgehead atoms. The summed E-state index contributed by atoms with van der Waals surface area (Å²) < 4.78 is 1.41. The zero-order valence-corrected chi connectivity index (χ0v) is 8.13. The number of rotatable bonds is 2. The first-order valence-electron chi connectivity index (χ1n) is 4.62. The Bertz CT molecular complexity index is 502. The highest BCUT2D eigenvalue weighted by Gasteiger charge is 1.97. The Balaban J connectivity index is 2.26. The molecule has 15 heavy (non-hydrogen) atoms. The molecule has 0 aliphatic carbocycles. The van der Waals surface area contributed by atoms with Gasteiger partial charge in [-0.3, -0.25) is 4.79 Å². The van der Waals surface area contributed by atoms with Gasteiger partial charge in [0, 0.05) is 18.0 Å². The molecule has 76 valence electrons. The second-order valence-corrected chi connectivity index (χ2v) is 3.26. The summed E-state index contributed by atoms with van der Waals surface area (Å²) in [5.41, 5.74) is 7.18. The Labute approximate surface area is 87.0 Å². The lowest BCUT2D eigenvalue weighted by Gasteiger charge is -2.03. The largest absolute Gasteiger partial charge is 0.399 e. The smallest absolute Gasteiger partial charge is 0.267 e. The van der Waals surface area contributed by atoms with Gasteiger partial charge in [-0.1, -0.05) is 12.1 Å². The summed E-state index contributed by atoms with van der Waals surface area (Å²) in [5, 5.41) is 3.97. The molecule has 0 aliphatic rings. The lowest BCUT2D eigenvalue weighted by Crippen LogP contribution is -2.21. The predicted molar refractivity (Wildman–Crippen MR) is 58.5 cm³/mol. The lowest BCUT2D eigenvalue weighted by atomic mass is 10.2. The van der Waals surface area contributed by atoms with E-state index in [0.29, 0.717) is 12.2 Å². The van der Waals surface area contributed by atoms with Crippen molar-refractivity contribution in [2.75, 3.05) is 5.73 Å². The summed E-state index contributed by atoms with van der Waals surface area (Å²) in [5.74, 6) is 0. The van der Waals surface area contributed by atoms with Crippen molar-refractivity contribution < 1.29 is 0 Å². The maximum Gasteiger partial charge on any atom is 0.267 e. The first-order chi connectivity index (χ1) is 7.25. The number of nitrogen functional groups attached to an aromatic ring is 1. The summed E-state index contributed by atoms with van der Waals surface area (Å²) in [6.07, 6.45) is 1.60. The molecule has 0 radical (unpaired) electrons. The maximum absolute atomic E-state index is 11.4. The molecule has 0 saturated carbocycles. The van der Waals surface area contributed by atoms with Crippen LogP contribution in [0.15, 0.2) is 47.4 Å². The van der Waals surface area contributed by atoms with Crippen LogP contribution in [0.2, 0.25) is 0 Å². The van der Waals surface area contributed by atoms with E-state index < -0.39 is 0 Å². The van der Waals surface area contributed by atoms with Crippen LogP contribution in [-0.2, 0) is 6.54 Å². The second kappa shape index (κ2) is 3.96. The van der Waals surface area contributed by atoms with E-state index in [2.05, 4.69) is 5.10 Å². The van der Waals surface area contributed by atoms with E-state index in [4.69, 9.17) is 5.73 Å². The third-order valence-corrected chi connectivity index (χ3v) is 2.10. The summed E-state index contributed by atoms with van der Waals surface area (Å²) >= 11 is 0. The number of nitrogens with zero attached hydrogens (tertiary/aromatic N) is 2. The molecule has 4 heteroatoms. The fourth-order valence-electron chi connectivity index (χ4n) is 1.30. The van der Waals surface area contributed by atoms with E-state index in [1.807, 2.05) is 24.3 Å². The molecule has 0 spiro atoms. The minimum Gasteiger partial charge on any atom is -0.399 e. The van der Waals surface area contributed by atoms with E-state index >= 15 is 0 Å². The van der Waals surface area contributed by atoms with E-state index in [0.717, 1.165) is 5.56 Å². The summed E-state index contributed by atoms with van der Waals surface area (Å²) in [4.78, 5) is 11.4. The van der Waals surface area contributed by atoms with Crippen LogP contribution in [0, 0.1) is 0 Å². The van der Waals surface area contributed by atoms with Crippen molar-refractivity contribution in [1.29, 1.82) is 0 Å². The molecule has 0 saturated heterocycles. The topological polar surface area (TPSA) is 60.9 Å². The van der Waals surface area contributed by atoms with Gasteiger partial charge in [-0.25, -0.2) is 4.68 Å². The molecule has 0 amide bonds. The van der Waals surface area contributed by atoms with Crippen LogP contribution in [0.1, 0.15) is 5.56 Å². The van der Waals surface area contributed by atoms with Crippen LogP contribution >= 0.6 is 0 Å². The number of anilines is 1. The minimum absolute atomic E-state index is 0.102. The van der Waals surface area contributed by atoms with Gasteiger partial charge in [-0.15, -0.1) is 0 Å². The Kier molecular flexibility index (Phi) is 2.49. The number of hydrogen-bond acceptors (Lipinski definition) is 3. The van der Waals surface area contributed by atoms with E-state index in [1.54, 1.807) is 12.3 Å². The third-order valence-electron chi connectivity index (χ3n) is 2.10. The molecule has 0 aliphatic heterocycles. The van der Waals surface area contributed by atoms with Crippen molar-refractivity contribution in [1.82, 2.24) is 9.78 Å². The Morgan fingerprint density at radius 1 is 1.20 bits per heavy atom. The molecule has 2 aromatic rings. The average Bonchev–Trinajstić information content (AvgIpc) is 2.25. The van der Waals surface area contributed by atoms with Gasteiger partial charge in [0.25, 0.3) is 5.56 Å². The van der Waals surface area contributed by atoms with Crippen molar-refractivity contribution in [3.8, 4) is 0 Å². The monoisotopic (exact) mass is 201 g/mol. The van der Waals surface area contributed by atoms with Gasteiger partial charge in [0.05, 0.1) is 6.54 Å². The van der Waals surface area contributed by atoms with Gasteiger partial charge in [0.15, 0.2) is 0 Å². The zero-order valence-electron chi connectivity index (χ0n) is 8.13. The summed E-state index contributed by atoms with van der Waals surface area (Å²) in [6, 6.07) is 10.5. The van der Waals surface area contributed by atoms with E-state index in [-0.39, 0.29) is 5.56 Å². The van der Waals surface area contributed by atoms with Crippen LogP contribution in [0.25, 0.3) is 0 Å². The van der Waals surface area contributed by atoms with Crippen LogP contribution in [0.3, 0.4) is 0 Å². The number of aromatic nitrogens is 2. The summed E-state index contributed by atoms with van der Waals surface area (Å²) in [7, 11) is 0. The Hall–Kier alpha value is -2.10. The normalized spacial score (nSPS) is 10.1. The van der Waals surface area contributed by atoms with Gasteiger partial charge in [-0.05, 0) is 23.8 Å². The van der Waals surface area contributed by atoms with Crippen molar-refractivity contribution in [2.24, 2.45) is 0 Å². The Morgan fingerprint density at radius 3 is 2.60 bits per heavy atom. The highest BCUT2D eigenvalue weighted by molar-refractivity contribution is 5.39. The van der Waals surface area contributed by atoms with Crippen LogP contribution < -0.4 is 11.3 Å². The van der Waals surface area contributed by atoms with Crippen molar-refractivity contribution in [3.05, 3.63) is 58.5 Å². The molecule has 0 fully saturated rings. The molecule has 0 unspecified atom stereocenters. The number of hydrogen-bond donors (Lipinski definition) is 1. The van der Waals surface area contributed by atoms with Gasteiger partial charge in [-0.2, -0.15) is 5.10 Å². The number of nitrogens with two attached hydrogens (primary N) is 1. The van der Waals surface area contributed by atoms with Gasteiger partial charge in [0.1, 0.15) is 0 Å². The second-order valence-electron chi connectivity index (χ2n) is 3.26. The first-order valence-corrected chi connectivity index (χ1v) is 4.62. The fourth-order valence-corrected chi connectivity index (χ4v) is 1.30.